The topological polar surface area (TPSA) is 72.2 Å². The molecule has 0 atom stereocenters. The summed E-state index contributed by atoms with van der Waals surface area (Å²) in [4.78, 5) is 21.8. The summed E-state index contributed by atoms with van der Waals surface area (Å²) in [6.45, 7) is 0.469. The maximum atomic E-state index is 13.0. The number of nitro groups is 1. The Morgan fingerprint density at radius 1 is 1.50 bits per heavy atom. The minimum absolute atomic E-state index is 0.226. The van der Waals surface area contributed by atoms with Crippen LogP contribution in [0.3, 0.4) is 0 Å². The first-order chi connectivity index (χ1) is 8.58. The van der Waals surface area contributed by atoms with Crippen LogP contribution in [0.4, 0.5) is 10.1 Å². The molecule has 1 aliphatic rings. The Morgan fingerprint density at radius 2 is 2.22 bits per heavy atom. The van der Waals surface area contributed by atoms with Gasteiger partial charge in [-0.3, -0.25) is 14.9 Å². The summed E-state index contributed by atoms with van der Waals surface area (Å²) in [7, 11) is 0. The molecular formula is C12H13FN2O3. The molecule has 18 heavy (non-hydrogen) atoms. The van der Waals surface area contributed by atoms with Crippen molar-refractivity contribution >= 4 is 11.6 Å². The molecule has 0 bridgehead atoms. The Balaban J connectivity index is 2.06. The number of rotatable bonds is 5. The van der Waals surface area contributed by atoms with Crippen molar-refractivity contribution in [3.8, 4) is 0 Å². The second-order valence-electron chi connectivity index (χ2n) is 4.41. The maximum Gasteiger partial charge on any atom is 0.282 e. The van der Waals surface area contributed by atoms with Gasteiger partial charge in [0.15, 0.2) is 0 Å². The lowest BCUT2D eigenvalue weighted by Crippen LogP contribution is -2.25. The average Bonchev–Trinajstić information content (AvgIpc) is 3.12. The number of benzene rings is 1. The van der Waals surface area contributed by atoms with Crippen LogP contribution in [0.15, 0.2) is 18.2 Å². The van der Waals surface area contributed by atoms with Crippen molar-refractivity contribution in [3.63, 3.8) is 0 Å². The van der Waals surface area contributed by atoms with Gasteiger partial charge in [-0.05, 0) is 24.5 Å². The zero-order valence-electron chi connectivity index (χ0n) is 9.69. The Kier molecular flexibility index (Phi) is 3.55. The Hall–Kier alpha value is -1.98. The summed E-state index contributed by atoms with van der Waals surface area (Å²) in [6.07, 6.45) is 3.22. The van der Waals surface area contributed by atoms with Gasteiger partial charge in [-0.1, -0.05) is 12.8 Å². The summed E-state index contributed by atoms with van der Waals surface area (Å²) in [5, 5.41) is 13.3. The van der Waals surface area contributed by atoms with Crippen molar-refractivity contribution in [2.75, 3.05) is 6.54 Å². The zero-order valence-corrected chi connectivity index (χ0v) is 9.69. The summed E-state index contributed by atoms with van der Waals surface area (Å²) < 4.78 is 13.0. The van der Waals surface area contributed by atoms with Crippen LogP contribution in [0.5, 0.6) is 0 Å². The van der Waals surface area contributed by atoms with Crippen molar-refractivity contribution < 1.29 is 14.1 Å². The first-order valence-corrected chi connectivity index (χ1v) is 5.80. The van der Waals surface area contributed by atoms with Crippen LogP contribution in [0.2, 0.25) is 0 Å². The van der Waals surface area contributed by atoms with Crippen molar-refractivity contribution in [1.82, 2.24) is 5.32 Å². The third-order valence-corrected chi connectivity index (χ3v) is 2.93. The fourth-order valence-corrected chi connectivity index (χ4v) is 1.74. The predicted octanol–water partition coefficient (Wildman–Crippen LogP) is 2.26. The van der Waals surface area contributed by atoms with Crippen LogP contribution in [0, 0.1) is 21.8 Å². The highest BCUT2D eigenvalue weighted by molar-refractivity contribution is 5.98. The van der Waals surface area contributed by atoms with E-state index in [-0.39, 0.29) is 11.3 Å². The molecule has 1 saturated carbocycles. The number of carbonyl (C=O) groups is 1. The molecule has 1 aromatic rings. The molecule has 96 valence electrons. The van der Waals surface area contributed by atoms with Crippen molar-refractivity contribution in [1.29, 1.82) is 0 Å². The van der Waals surface area contributed by atoms with E-state index < -0.39 is 16.6 Å². The van der Waals surface area contributed by atoms with Gasteiger partial charge in [0.1, 0.15) is 11.4 Å². The summed E-state index contributed by atoms with van der Waals surface area (Å²) in [5.41, 5.74) is -0.601. The highest BCUT2D eigenvalue weighted by atomic mass is 19.1. The number of halogens is 1. The van der Waals surface area contributed by atoms with Gasteiger partial charge in [0, 0.05) is 12.6 Å². The number of nitro benzene ring substituents is 1. The summed E-state index contributed by atoms with van der Waals surface area (Å²) >= 11 is 0. The van der Waals surface area contributed by atoms with E-state index >= 15 is 0 Å². The molecule has 0 aliphatic heterocycles. The largest absolute Gasteiger partial charge is 0.352 e. The molecule has 0 saturated heterocycles. The first-order valence-electron chi connectivity index (χ1n) is 5.80. The third kappa shape index (κ3) is 3.03. The van der Waals surface area contributed by atoms with Gasteiger partial charge in [-0.15, -0.1) is 0 Å². The average molecular weight is 252 g/mol. The zero-order chi connectivity index (χ0) is 13.1. The number of hydrogen-bond acceptors (Lipinski definition) is 3. The molecule has 1 aliphatic carbocycles. The lowest BCUT2D eigenvalue weighted by Gasteiger charge is -2.05. The van der Waals surface area contributed by atoms with Crippen LogP contribution in [0.25, 0.3) is 0 Å². The third-order valence-electron chi connectivity index (χ3n) is 2.93. The fraction of sp³-hybridized carbons (Fsp3) is 0.417. The SMILES string of the molecule is O=C(NCCC1CC1)c1cc(F)ccc1[N+](=O)[O-]. The number of amides is 1. The van der Waals surface area contributed by atoms with Crippen LogP contribution >= 0.6 is 0 Å². The van der Waals surface area contributed by atoms with Crippen LogP contribution < -0.4 is 5.32 Å². The molecule has 1 aromatic carbocycles. The van der Waals surface area contributed by atoms with Gasteiger partial charge in [0.25, 0.3) is 11.6 Å². The number of hydrogen-bond donors (Lipinski definition) is 1. The van der Waals surface area contributed by atoms with Crippen LogP contribution in [0.1, 0.15) is 29.6 Å². The number of nitrogens with one attached hydrogen (secondary N) is 1. The molecule has 2 rings (SSSR count). The van der Waals surface area contributed by atoms with Gasteiger partial charge in [0.2, 0.25) is 0 Å². The van der Waals surface area contributed by atoms with E-state index in [2.05, 4.69) is 5.32 Å². The quantitative estimate of drug-likeness (QED) is 0.645. The van der Waals surface area contributed by atoms with Gasteiger partial charge in [0.05, 0.1) is 4.92 Å². The summed E-state index contributed by atoms with van der Waals surface area (Å²) in [5.74, 6) is -0.595. The molecule has 0 spiro atoms. The van der Waals surface area contributed by atoms with E-state index in [4.69, 9.17) is 0 Å². The number of nitrogens with zero attached hydrogens (tertiary/aromatic N) is 1. The van der Waals surface area contributed by atoms with E-state index in [1.54, 1.807) is 0 Å². The molecule has 0 radical (unpaired) electrons. The van der Waals surface area contributed by atoms with Gasteiger partial charge in [-0.25, -0.2) is 4.39 Å². The fourth-order valence-electron chi connectivity index (χ4n) is 1.74. The minimum Gasteiger partial charge on any atom is -0.352 e. The molecule has 1 amide bonds. The smallest absolute Gasteiger partial charge is 0.282 e. The van der Waals surface area contributed by atoms with E-state index in [1.165, 1.54) is 12.8 Å². The molecule has 0 heterocycles. The molecule has 0 aromatic heterocycles. The molecule has 1 N–H and O–H groups in total. The molecule has 0 unspecified atom stereocenters. The monoisotopic (exact) mass is 252 g/mol. The molecule has 5 nitrogen and oxygen atoms in total. The maximum absolute atomic E-state index is 13.0. The Labute approximate surface area is 103 Å². The normalized spacial score (nSPS) is 14.3. The second-order valence-corrected chi connectivity index (χ2v) is 4.41. The highest BCUT2D eigenvalue weighted by Gasteiger charge is 2.23. The lowest BCUT2D eigenvalue weighted by molar-refractivity contribution is -0.385. The van der Waals surface area contributed by atoms with Crippen LogP contribution in [-0.2, 0) is 0 Å². The molecule has 1 fully saturated rings. The lowest BCUT2D eigenvalue weighted by atomic mass is 10.1. The molecular weight excluding hydrogens is 239 g/mol. The first kappa shape index (κ1) is 12.5. The van der Waals surface area contributed by atoms with Gasteiger partial charge in [-0.2, -0.15) is 0 Å². The summed E-state index contributed by atoms with van der Waals surface area (Å²) in [6, 6.07) is 2.87. The number of carbonyl (C=O) groups excluding carboxylic acids is 1. The van der Waals surface area contributed by atoms with E-state index in [0.717, 1.165) is 24.6 Å². The van der Waals surface area contributed by atoms with E-state index in [1.807, 2.05) is 0 Å². The predicted molar refractivity (Wildman–Crippen MR) is 62.7 cm³/mol. The van der Waals surface area contributed by atoms with Gasteiger partial charge >= 0.3 is 0 Å². The second kappa shape index (κ2) is 5.12. The van der Waals surface area contributed by atoms with Crippen molar-refractivity contribution in [2.24, 2.45) is 5.92 Å². The van der Waals surface area contributed by atoms with Crippen molar-refractivity contribution in [2.45, 2.75) is 19.3 Å². The Morgan fingerprint density at radius 3 is 2.83 bits per heavy atom. The standard InChI is InChI=1S/C12H13FN2O3/c13-9-3-4-11(15(17)18)10(7-9)12(16)14-6-5-8-1-2-8/h3-4,7-8H,1-2,5-6H2,(H,14,16). The molecule has 6 heteroatoms. The van der Waals surface area contributed by atoms with Crippen molar-refractivity contribution in [3.05, 3.63) is 39.7 Å². The van der Waals surface area contributed by atoms with Crippen LogP contribution in [-0.4, -0.2) is 17.4 Å². The highest BCUT2D eigenvalue weighted by Crippen LogP contribution is 2.31. The van der Waals surface area contributed by atoms with E-state index in [9.17, 15) is 19.3 Å². The Bertz CT molecular complexity index is 486. The van der Waals surface area contributed by atoms with E-state index in [0.29, 0.717) is 12.5 Å². The van der Waals surface area contributed by atoms with Gasteiger partial charge < -0.3 is 5.32 Å². The minimum atomic E-state index is -0.685.